The molecule has 0 aliphatic rings. The number of aromatic hydroxyl groups is 1. The second-order valence-corrected chi connectivity index (χ2v) is 6.29. The number of nitrogens with zero attached hydrogens (tertiary/aromatic N) is 1. The summed E-state index contributed by atoms with van der Waals surface area (Å²) in [6.07, 6.45) is -4.63. The molecule has 0 saturated heterocycles. The smallest absolute Gasteiger partial charge is 0.508 e. The molecule has 2 aromatic rings. The van der Waals surface area contributed by atoms with Gasteiger partial charge in [-0.1, -0.05) is 12.1 Å². The molecule has 0 bridgehead atoms. The minimum atomic E-state index is -4.83. The lowest BCUT2D eigenvalue weighted by atomic mass is 10.1. The standard InChI is InChI=1S/C20H19F3N4O4/c21-20(22,23)31-16-8-4-14(5-9-16)26-19(30)27-17(18(29)25-11-1-10-24)12-13-2-6-15(28)7-3-13/h2-9,17,28H,1,11-12H2,(H,25,29)(H2,26,27,30). The molecule has 0 heterocycles. The van der Waals surface area contributed by atoms with Crippen LogP contribution in [0, 0.1) is 11.3 Å². The number of amides is 3. The number of halogens is 3. The summed E-state index contributed by atoms with van der Waals surface area (Å²) in [5.41, 5.74) is 0.840. The highest BCUT2D eigenvalue weighted by Gasteiger charge is 2.31. The number of phenols is 1. The molecule has 2 aromatic carbocycles. The Bertz CT molecular complexity index is 925. The van der Waals surface area contributed by atoms with Gasteiger partial charge >= 0.3 is 12.4 Å². The molecule has 0 aliphatic heterocycles. The minimum Gasteiger partial charge on any atom is -0.508 e. The second kappa shape index (κ2) is 10.7. The number of phenolic OH excluding ortho intramolecular Hbond substituents is 1. The molecular weight excluding hydrogens is 417 g/mol. The lowest BCUT2D eigenvalue weighted by Gasteiger charge is -2.19. The van der Waals surface area contributed by atoms with Crippen molar-refractivity contribution >= 4 is 17.6 Å². The highest BCUT2D eigenvalue weighted by molar-refractivity contribution is 5.93. The number of nitrogens with one attached hydrogen (secondary N) is 3. The number of ether oxygens (including phenoxy) is 1. The Kier molecular flexibility index (Phi) is 8.08. The van der Waals surface area contributed by atoms with Gasteiger partial charge in [0, 0.05) is 18.7 Å². The predicted octanol–water partition coefficient (Wildman–Crippen LogP) is 3.05. The van der Waals surface area contributed by atoms with Crippen LogP contribution in [0.3, 0.4) is 0 Å². The fourth-order valence-electron chi connectivity index (χ4n) is 2.51. The Morgan fingerprint density at radius 3 is 2.32 bits per heavy atom. The van der Waals surface area contributed by atoms with Gasteiger partial charge in [-0.25, -0.2) is 4.79 Å². The van der Waals surface area contributed by atoms with Gasteiger partial charge in [-0.15, -0.1) is 13.2 Å². The van der Waals surface area contributed by atoms with Crippen LogP contribution in [0.5, 0.6) is 11.5 Å². The number of benzene rings is 2. The summed E-state index contributed by atoms with van der Waals surface area (Å²) >= 11 is 0. The van der Waals surface area contributed by atoms with E-state index in [9.17, 15) is 27.9 Å². The van der Waals surface area contributed by atoms with Crippen LogP contribution >= 0.6 is 0 Å². The molecule has 2 rings (SSSR count). The Morgan fingerprint density at radius 2 is 1.74 bits per heavy atom. The first kappa shape index (κ1) is 23.3. The summed E-state index contributed by atoms with van der Waals surface area (Å²) in [7, 11) is 0. The van der Waals surface area contributed by atoms with Crippen molar-refractivity contribution in [3.05, 3.63) is 54.1 Å². The average Bonchev–Trinajstić information content (AvgIpc) is 2.69. The van der Waals surface area contributed by atoms with Gasteiger partial charge in [0.15, 0.2) is 0 Å². The maximum Gasteiger partial charge on any atom is 0.573 e. The first-order chi connectivity index (χ1) is 14.7. The molecule has 0 saturated carbocycles. The molecule has 0 fully saturated rings. The van der Waals surface area contributed by atoms with Crippen molar-refractivity contribution < 1.29 is 32.6 Å². The van der Waals surface area contributed by atoms with Crippen molar-refractivity contribution in [2.24, 2.45) is 0 Å². The molecular formula is C20H19F3N4O4. The zero-order valence-electron chi connectivity index (χ0n) is 16.1. The van der Waals surface area contributed by atoms with E-state index in [1.54, 1.807) is 12.1 Å². The van der Waals surface area contributed by atoms with E-state index >= 15 is 0 Å². The maximum atomic E-state index is 12.4. The molecule has 31 heavy (non-hydrogen) atoms. The summed E-state index contributed by atoms with van der Waals surface area (Å²) in [5, 5.41) is 25.4. The topological polar surface area (TPSA) is 123 Å². The van der Waals surface area contributed by atoms with Crippen LogP contribution in [0.15, 0.2) is 48.5 Å². The lowest BCUT2D eigenvalue weighted by molar-refractivity contribution is -0.274. The Morgan fingerprint density at radius 1 is 1.10 bits per heavy atom. The Balaban J connectivity index is 2.02. The SMILES string of the molecule is N#CCCNC(=O)C(Cc1ccc(O)cc1)NC(=O)Nc1ccc(OC(F)(F)F)cc1. The van der Waals surface area contributed by atoms with E-state index < -0.39 is 30.1 Å². The summed E-state index contributed by atoms with van der Waals surface area (Å²) in [5.74, 6) is -0.921. The third-order valence-electron chi connectivity index (χ3n) is 3.88. The van der Waals surface area contributed by atoms with Gasteiger partial charge in [0.2, 0.25) is 5.91 Å². The number of nitriles is 1. The molecule has 0 aliphatic carbocycles. The molecule has 0 spiro atoms. The summed E-state index contributed by atoms with van der Waals surface area (Å²) in [4.78, 5) is 24.7. The zero-order valence-corrected chi connectivity index (χ0v) is 16.1. The monoisotopic (exact) mass is 436 g/mol. The van der Waals surface area contributed by atoms with Crippen LogP contribution in [0.2, 0.25) is 0 Å². The van der Waals surface area contributed by atoms with E-state index in [0.717, 1.165) is 12.1 Å². The molecule has 164 valence electrons. The molecule has 1 atom stereocenters. The number of urea groups is 1. The van der Waals surface area contributed by atoms with Crippen molar-refractivity contribution in [2.75, 3.05) is 11.9 Å². The van der Waals surface area contributed by atoms with E-state index in [2.05, 4.69) is 20.7 Å². The van der Waals surface area contributed by atoms with Crippen molar-refractivity contribution in [3.8, 4) is 17.6 Å². The number of alkyl halides is 3. The van der Waals surface area contributed by atoms with Crippen LogP contribution in [-0.4, -0.2) is 36.0 Å². The zero-order chi connectivity index (χ0) is 22.9. The van der Waals surface area contributed by atoms with E-state index in [4.69, 9.17) is 5.26 Å². The molecule has 0 radical (unpaired) electrons. The van der Waals surface area contributed by atoms with E-state index in [1.807, 2.05) is 6.07 Å². The number of anilines is 1. The third kappa shape index (κ3) is 8.53. The summed E-state index contributed by atoms with van der Waals surface area (Å²) < 4.78 is 40.4. The normalized spacial score (nSPS) is 11.7. The number of hydrogen-bond donors (Lipinski definition) is 4. The van der Waals surface area contributed by atoms with Crippen LogP contribution in [0.1, 0.15) is 12.0 Å². The van der Waals surface area contributed by atoms with Gasteiger partial charge in [0.25, 0.3) is 0 Å². The van der Waals surface area contributed by atoms with Crippen LogP contribution < -0.4 is 20.7 Å². The van der Waals surface area contributed by atoms with Gasteiger partial charge in [-0.3, -0.25) is 4.79 Å². The number of carbonyl (C=O) groups is 2. The molecule has 4 N–H and O–H groups in total. The average molecular weight is 436 g/mol. The van der Waals surface area contributed by atoms with Crippen LogP contribution in [0.4, 0.5) is 23.7 Å². The van der Waals surface area contributed by atoms with Gasteiger partial charge in [0.1, 0.15) is 17.5 Å². The summed E-state index contributed by atoms with van der Waals surface area (Å²) in [6.45, 7) is 0.103. The fourth-order valence-corrected chi connectivity index (χ4v) is 2.51. The molecule has 3 amide bonds. The van der Waals surface area contributed by atoms with E-state index in [-0.39, 0.29) is 30.8 Å². The van der Waals surface area contributed by atoms with Crippen LogP contribution in [0.25, 0.3) is 0 Å². The molecule has 0 aromatic heterocycles. The van der Waals surface area contributed by atoms with Gasteiger partial charge in [-0.2, -0.15) is 5.26 Å². The Labute approximate surface area is 175 Å². The largest absolute Gasteiger partial charge is 0.573 e. The van der Waals surface area contributed by atoms with Crippen molar-refractivity contribution in [1.82, 2.24) is 10.6 Å². The van der Waals surface area contributed by atoms with Gasteiger partial charge < -0.3 is 25.8 Å². The van der Waals surface area contributed by atoms with Gasteiger partial charge in [0.05, 0.1) is 12.5 Å². The fraction of sp³-hybridized carbons (Fsp3) is 0.250. The highest BCUT2D eigenvalue weighted by atomic mass is 19.4. The minimum absolute atomic E-state index is 0.0439. The van der Waals surface area contributed by atoms with Crippen molar-refractivity contribution in [2.45, 2.75) is 25.2 Å². The molecule has 11 heteroatoms. The maximum absolute atomic E-state index is 12.4. The lowest BCUT2D eigenvalue weighted by Crippen LogP contribution is -2.49. The summed E-state index contributed by atoms with van der Waals surface area (Å²) in [6, 6.07) is 10.7. The second-order valence-electron chi connectivity index (χ2n) is 6.29. The van der Waals surface area contributed by atoms with Crippen LogP contribution in [-0.2, 0) is 11.2 Å². The quantitative estimate of drug-likeness (QED) is 0.474. The first-order valence-electron chi connectivity index (χ1n) is 9.02. The predicted molar refractivity (Wildman–Crippen MR) is 104 cm³/mol. The van der Waals surface area contributed by atoms with E-state index in [1.165, 1.54) is 24.3 Å². The van der Waals surface area contributed by atoms with Gasteiger partial charge in [-0.05, 0) is 42.0 Å². The highest BCUT2D eigenvalue weighted by Crippen LogP contribution is 2.24. The molecule has 8 nitrogen and oxygen atoms in total. The first-order valence-corrected chi connectivity index (χ1v) is 9.02. The Hall–Kier alpha value is -3.94. The number of rotatable bonds is 8. The van der Waals surface area contributed by atoms with E-state index in [0.29, 0.717) is 5.56 Å². The molecule has 1 unspecified atom stereocenters. The van der Waals surface area contributed by atoms with Crippen molar-refractivity contribution in [1.29, 1.82) is 5.26 Å². The number of hydrogen-bond acceptors (Lipinski definition) is 5. The number of carbonyl (C=O) groups excluding carboxylic acids is 2. The van der Waals surface area contributed by atoms with Crippen molar-refractivity contribution in [3.63, 3.8) is 0 Å². The third-order valence-corrected chi connectivity index (χ3v) is 3.88.